The van der Waals surface area contributed by atoms with Gasteiger partial charge in [-0.15, -0.1) is 0 Å². The second-order valence-electron chi connectivity index (χ2n) is 4.85. The van der Waals surface area contributed by atoms with Crippen molar-refractivity contribution in [3.63, 3.8) is 0 Å². The lowest BCUT2D eigenvalue weighted by Gasteiger charge is -2.06. The number of hydrogen-bond donors (Lipinski definition) is 1. The third-order valence-electron chi connectivity index (χ3n) is 3.45. The Labute approximate surface area is 118 Å². The average Bonchev–Trinajstić information content (AvgIpc) is 2.83. The molecule has 0 unspecified atom stereocenters. The molecule has 3 rings (SSSR count). The van der Waals surface area contributed by atoms with E-state index in [0.29, 0.717) is 0 Å². The van der Waals surface area contributed by atoms with Gasteiger partial charge in [0.2, 0.25) is 0 Å². The Kier molecular flexibility index (Phi) is 3.70. The van der Waals surface area contributed by atoms with E-state index in [2.05, 4.69) is 9.97 Å². The Morgan fingerprint density at radius 3 is 1.75 bits per heavy atom. The van der Waals surface area contributed by atoms with E-state index < -0.39 is 6.10 Å². The zero-order valence-corrected chi connectivity index (χ0v) is 11.1. The van der Waals surface area contributed by atoms with Crippen LogP contribution >= 0.6 is 0 Å². The Bertz CT molecular complexity index is 575. The number of hydrogen-bond acceptors (Lipinski definition) is 3. The first-order valence-electron chi connectivity index (χ1n) is 6.74. The van der Waals surface area contributed by atoms with E-state index in [4.69, 9.17) is 0 Å². The Morgan fingerprint density at radius 1 is 0.850 bits per heavy atom. The van der Waals surface area contributed by atoms with Gasteiger partial charge in [-0.1, -0.05) is 12.1 Å². The summed E-state index contributed by atoms with van der Waals surface area (Å²) in [6.45, 7) is 0. The molecule has 20 heavy (non-hydrogen) atoms. The molecule has 1 N–H and O–H groups in total. The molecule has 0 saturated heterocycles. The molecule has 2 aromatic rings. The van der Waals surface area contributed by atoms with Crippen LogP contribution in [-0.4, -0.2) is 21.2 Å². The van der Waals surface area contributed by atoms with Crippen molar-refractivity contribution in [1.29, 1.82) is 0 Å². The second kappa shape index (κ2) is 5.80. The largest absolute Gasteiger partial charge is 0.384 e. The summed E-state index contributed by atoms with van der Waals surface area (Å²) in [7, 11) is 0. The summed E-state index contributed by atoms with van der Waals surface area (Å²) in [5.41, 5.74) is 3.82. The van der Waals surface area contributed by atoms with Gasteiger partial charge in [-0.2, -0.15) is 0 Å². The van der Waals surface area contributed by atoms with Crippen molar-refractivity contribution < 1.29 is 5.11 Å². The van der Waals surface area contributed by atoms with Crippen LogP contribution in [0.2, 0.25) is 0 Å². The molecule has 2 heterocycles. The summed E-state index contributed by atoms with van der Waals surface area (Å²) in [5.74, 6) is 0. The summed E-state index contributed by atoms with van der Waals surface area (Å²) < 4.78 is 0. The highest BCUT2D eigenvalue weighted by atomic mass is 16.3. The van der Waals surface area contributed by atoms with Gasteiger partial charge in [-0.3, -0.25) is 9.97 Å². The predicted octanol–water partition coefficient (Wildman–Crippen LogP) is 3.10. The minimum Gasteiger partial charge on any atom is -0.384 e. The number of nitrogens with zero attached hydrogens (tertiary/aromatic N) is 2. The molecule has 0 aromatic carbocycles. The van der Waals surface area contributed by atoms with E-state index in [1.165, 1.54) is 0 Å². The van der Waals surface area contributed by atoms with Crippen molar-refractivity contribution in [2.75, 3.05) is 0 Å². The van der Waals surface area contributed by atoms with Crippen LogP contribution in [0.4, 0.5) is 0 Å². The number of aliphatic hydroxyl groups is 1. The lowest BCUT2D eigenvalue weighted by atomic mass is 10.1. The van der Waals surface area contributed by atoms with Crippen LogP contribution in [0.1, 0.15) is 24.2 Å². The fourth-order valence-electron chi connectivity index (χ4n) is 2.41. The fraction of sp³-hybridized carbons (Fsp3) is 0.176. The molecule has 1 saturated carbocycles. The molecule has 0 bridgehead atoms. The SMILES string of the molecule is OC1/C(=C/c2ccccn2)CC/C1=C\c1ccccn1. The molecule has 100 valence electrons. The Balaban J connectivity index is 1.83. The molecule has 2 aromatic heterocycles. The molecular weight excluding hydrogens is 248 g/mol. The van der Waals surface area contributed by atoms with Gasteiger partial charge in [0.15, 0.2) is 0 Å². The minimum absolute atomic E-state index is 0.515. The lowest BCUT2D eigenvalue weighted by Crippen LogP contribution is -2.05. The number of pyridine rings is 2. The van der Waals surface area contributed by atoms with E-state index in [1.54, 1.807) is 12.4 Å². The van der Waals surface area contributed by atoms with Crippen molar-refractivity contribution in [1.82, 2.24) is 9.97 Å². The summed E-state index contributed by atoms with van der Waals surface area (Å²) in [5, 5.41) is 10.4. The van der Waals surface area contributed by atoms with Gasteiger partial charge >= 0.3 is 0 Å². The number of aromatic nitrogens is 2. The van der Waals surface area contributed by atoms with Gasteiger partial charge < -0.3 is 5.11 Å². The Morgan fingerprint density at radius 2 is 1.35 bits per heavy atom. The molecule has 0 radical (unpaired) electrons. The highest BCUT2D eigenvalue weighted by molar-refractivity contribution is 5.59. The van der Waals surface area contributed by atoms with Crippen LogP contribution < -0.4 is 0 Å². The molecule has 0 amide bonds. The van der Waals surface area contributed by atoms with Crippen molar-refractivity contribution >= 4 is 12.2 Å². The van der Waals surface area contributed by atoms with E-state index in [1.807, 2.05) is 48.6 Å². The van der Waals surface area contributed by atoms with Gasteiger partial charge in [0.05, 0.1) is 17.5 Å². The number of aliphatic hydroxyl groups excluding tert-OH is 1. The van der Waals surface area contributed by atoms with Gasteiger partial charge in [0.1, 0.15) is 0 Å². The van der Waals surface area contributed by atoms with Gasteiger partial charge in [0, 0.05) is 12.4 Å². The highest BCUT2D eigenvalue weighted by Gasteiger charge is 2.23. The number of rotatable bonds is 2. The van der Waals surface area contributed by atoms with Crippen LogP contribution in [0.5, 0.6) is 0 Å². The van der Waals surface area contributed by atoms with E-state index >= 15 is 0 Å². The maximum Gasteiger partial charge on any atom is 0.0968 e. The van der Waals surface area contributed by atoms with Crippen molar-refractivity contribution in [3.8, 4) is 0 Å². The molecule has 0 spiro atoms. The standard InChI is InChI=1S/C17H16N2O/c20-17-13(11-15-5-1-3-9-18-15)7-8-14(17)12-16-6-2-4-10-19-16/h1-6,9-12,17,20H,7-8H2/b13-11+,14-12+. The fourth-order valence-corrected chi connectivity index (χ4v) is 2.41. The monoisotopic (exact) mass is 264 g/mol. The van der Waals surface area contributed by atoms with Crippen LogP contribution in [0, 0.1) is 0 Å². The van der Waals surface area contributed by atoms with Gasteiger partial charge in [-0.05, 0) is 60.4 Å². The van der Waals surface area contributed by atoms with Crippen LogP contribution in [-0.2, 0) is 0 Å². The molecule has 3 nitrogen and oxygen atoms in total. The van der Waals surface area contributed by atoms with Crippen molar-refractivity contribution in [2.24, 2.45) is 0 Å². The van der Waals surface area contributed by atoms with Gasteiger partial charge in [0.25, 0.3) is 0 Å². The molecular formula is C17H16N2O. The highest BCUT2D eigenvalue weighted by Crippen LogP contribution is 2.32. The van der Waals surface area contributed by atoms with Crippen molar-refractivity contribution in [3.05, 3.63) is 71.3 Å². The second-order valence-corrected chi connectivity index (χ2v) is 4.85. The summed E-state index contributed by atoms with van der Waals surface area (Å²) >= 11 is 0. The Hall–Kier alpha value is -2.26. The van der Waals surface area contributed by atoms with E-state index in [0.717, 1.165) is 35.4 Å². The summed E-state index contributed by atoms with van der Waals surface area (Å²) in [6.07, 6.45) is 8.70. The normalized spacial score (nSPS) is 22.6. The topological polar surface area (TPSA) is 46.0 Å². The zero-order valence-electron chi connectivity index (χ0n) is 11.1. The zero-order chi connectivity index (χ0) is 13.8. The van der Waals surface area contributed by atoms with E-state index in [9.17, 15) is 5.11 Å². The molecule has 3 heteroatoms. The first-order chi connectivity index (χ1) is 9.83. The third kappa shape index (κ3) is 2.83. The van der Waals surface area contributed by atoms with Crippen LogP contribution in [0.15, 0.2) is 59.9 Å². The van der Waals surface area contributed by atoms with Crippen molar-refractivity contribution in [2.45, 2.75) is 18.9 Å². The third-order valence-corrected chi connectivity index (χ3v) is 3.45. The van der Waals surface area contributed by atoms with Crippen LogP contribution in [0.3, 0.4) is 0 Å². The summed E-state index contributed by atoms with van der Waals surface area (Å²) in [6, 6.07) is 11.6. The molecule has 1 aliphatic rings. The predicted molar refractivity (Wildman–Crippen MR) is 79.7 cm³/mol. The minimum atomic E-state index is -0.515. The quantitative estimate of drug-likeness (QED) is 0.906. The maximum atomic E-state index is 10.4. The molecule has 0 atom stereocenters. The lowest BCUT2D eigenvalue weighted by molar-refractivity contribution is 0.257. The molecule has 1 fully saturated rings. The van der Waals surface area contributed by atoms with Crippen LogP contribution in [0.25, 0.3) is 12.2 Å². The van der Waals surface area contributed by atoms with E-state index in [-0.39, 0.29) is 0 Å². The van der Waals surface area contributed by atoms with Gasteiger partial charge in [-0.25, -0.2) is 0 Å². The first-order valence-corrected chi connectivity index (χ1v) is 6.74. The smallest absolute Gasteiger partial charge is 0.0968 e. The first kappa shape index (κ1) is 12.8. The maximum absolute atomic E-state index is 10.4. The average molecular weight is 264 g/mol. The summed E-state index contributed by atoms with van der Waals surface area (Å²) in [4.78, 5) is 8.53. The molecule has 1 aliphatic carbocycles. The molecule has 0 aliphatic heterocycles.